The first-order valence-corrected chi connectivity index (χ1v) is 13.1. The second-order valence-electron chi connectivity index (χ2n) is 7.55. The van der Waals surface area contributed by atoms with Crippen LogP contribution in [-0.4, -0.2) is 37.7 Å². The van der Waals surface area contributed by atoms with Crippen molar-refractivity contribution in [2.45, 2.75) is 18.7 Å². The zero-order valence-electron chi connectivity index (χ0n) is 19.2. The predicted octanol–water partition coefficient (Wildman–Crippen LogP) is 4.75. The second kappa shape index (κ2) is 10.7. The first-order valence-electron chi connectivity index (χ1n) is 10.9. The van der Waals surface area contributed by atoms with Gasteiger partial charge in [-0.15, -0.1) is 10.2 Å². The number of nitrogens with zero attached hydrogens (tertiary/aromatic N) is 3. The number of anilines is 2. The molecule has 4 rings (SSSR count). The number of hydrogen-bond donors (Lipinski definition) is 1. The molecule has 0 saturated carbocycles. The number of para-hydroxylation sites is 2. The van der Waals surface area contributed by atoms with Crippen LogP contribution >= 0.6 is 11.3 Å². The number of sulfonamides is 1. The highest BCUT2D eigenvalue weighted by Gasteiger charge is 2.29. The highest BCUT2D eigenvalue weighted by atomic mass is 32.2. The highest BCUT2D eigenvalue weighted by Crippen LogP contribution is 2.33. The molecule has 8 nitrogen and oxygen atoms in total. The van der Waals surface area contributed by atoms with E-state index < -0.39 is 22.5 Å². The Bertz CT molecular complexity index is 1400. The van der Waals surface area contributed by atoms with Gasteiger partial charge in [-0.2, -0.15) is 0 Å². The van der Waals surface area contributed by atoms with Gasteiger partial charge >= 0.3 is 0 Å². The monoisotopic (exact) mass is 508 g/mol. The summed E-state index contributed by atoms with van der Waals surface area (Å²) in [6.07, 6.45) is 0. The number of rotatable bonds is 9. The summed E-state index contributed by atoms with van der Waals surface area (Å²) in [7, 11) is -4.08. The van der Waals surface area contributed by atoms with Crippen LogP contribution in [0.15, 0.2) is 83.8 Å². The molecule has 0 saturated heterocycles. The molecule has 0 atom stereocenters. The van der Waals surface area contributed by atoms with Gasteiger partial charge in [0.2, 0.25) is 11.0 Å². The summed E-state index contributed by atoms with van der Waals surface area (Å²) in [6, 6.07) is 22.7. The molecule has 4 aromatic rings. The van der Waals surface area contributed by atoms with E-state index in [0.717, 1.165) is 15.4 Å². The maximum atomic E-state index is 13.6. The molecule has 1 amide bonds. The van der Waals surface area contributed by atoms with Crippen LogP contribution in [0.25, 0.3) is 10.6 Å². The van der Waals surface area contributed by atoms with Crippen LogP contribution in [0.4, 0.5) is 10.8 Å². The molecule has 1 N–H and O–H groups in total. The number of benzene rings is 3. The molecule has 180 valence electrons. The number of amides is 1. The molecular formula is C25H24N4O4S2. The Morgan fingerprint density at radius 2 is 1.66 bits per heavy atom. The Hall–Kier alpha value is -3.76. The molecule has 0 radical (unpaired) electrons. The number of carbonyl (C=O) groups is 1. The zero-order valence-corrected chi connectivity index (χ0v) is 20.8. The Balaban J connectivity index is 1.64. The summed E-state index contributed by atoms with van der Waals surface area (Å²) in [4.78, 5) is 13.1. The van der Waals surface area contributed by atoms with Crippen LogP contribution < -0.4 is 14.4 Å². The van der Waals surface area contributed by atoms with Crippen molar-refractivity contribution in [1.29, 1.82) is 0 Å². The van der Waals surface area contributed by atoms with Gasteiger partial charge < -0.3 is 4.74 Å². The van der Waals surface area contributed by atoms with E-state index in [0.29, 0.717) is 17.4 Å². The molecule has 0 aliphatic carbocycles. The second-order valence-corrected chi connectivity index (χ2v) is 10.4. The first kappa shape index (κ1) is 24.4. The molecule has 3 aromatic carbocycles. The van der Waals surface area contributed by atoms with Crippen molar-refractivity contribution in [3.05, 3.63) is 84.4 Å². The third-order valence-corrected chi connectivity index (χ3v) is 7.68. The lowest BCUT2D eigenvalue weighted by Crippen LogP contribution is -2.38. The topological polar surface area (TPSA) is 101 Å². The van der Waals surface area contributed by atoms with E-state index in [2.05, 4.69) is 15.5 Å². The molecule has 0 spiro atoms. The standard InChI is InChI=1S/C25H24N4O4S2/c1-3-33-22-12-8-7-11-21(22)29(35(31,32)20-15-13-18(2)14-16-20)17-23(30)26-25-28-27-24(34-25)19-9-5-4-6-10-19/h4-16H,3,17H2,1-2H3,(H,26,28,30). The molecule has 0 aliphatic rings. The summed E-state index contributed by atoms with van der Waals surface area (Å²) < 4.78 is 34.0. The van der Waals surface area contributed by atoms with Crippen LogP contribution in [0, 0.1) is 6.92 Å². The van der Waals surface area contributed by atoms with E-state index in [1.54, 1.807) is 36.4 Å². The summed E-state index contributed by atoms with van der Waals surface area (Å²) in [5.41, 5.74) is 2.07. The van der Waals surface area contributed by atoms with Crippen molar-refractivity contribution in [2.24, 2.45) is 0 Å². The van der Waals surface area contributed by atoms with Gasteiger partial charge in [0.25, 0.3) is 10.0 Å². The number of carbonyl (C=O) groups excluding carboxylic acids is 1. The largest absolute Gasteiger partial charge is 0.492 e. The molecular weight excluding hydrogens is 484 g/mol. The van der Waals surface area contributed by atoms with Crippen LogP contribution in [0.5, 0.6) is 5.75 Å². The minimum Gasteiger partial charge on any atom is -0.492 e. The molecule has 10 heteroatoms. The average molecular weight is 509 g/mol. The lowest BCUT2D eigenvalue weighted by atomic mass is 10.2. The van der Waals surface area contributed by atoms with Gasteiger partial charge in [-0.3, -0.25) is 14.4 Å². The normalized spacial score (nSPS) is 11.1. The predicted molar refractivity (Wildman–Crippen MR) is 137 cm³/mol. The maximum Gasteiger partial charge on any atom is 0.264 e. The van der Waals surface area contributed by atoms with Crippen molar-refractivity contribution >= 4 is 38.1 Å². The number of hydrogen-bond acceptors (Lipinski definition) is 7. The van der Waals surface area contributed by atoms with Crippen molar-refractivity contribution in [2.75, 3.05) is 22.8 Å². The zero-order chi connectivity index (χ0) is 24.8. The summed E-state index contributed by atoms with van der Waals surface area (Å²) in [6.45, 7) is 3.55. The van der Waals surface area contributed by atoms with Gasteiger partial charge in [0, 0.05) is 5.56 Å². The molecule has 35 heavy (non-hydrogen) atoms. The molecule has 1 heterocycles. The van der Waals surface area contributed by atoms with Crippen LogP contribution in [0.2, 0.25) is 0 Å². The minimum absolute atomic E-state index is 0.0736. The van der Waals surface area contributed by atoms with Crippen molar-refractivity contribution in [1.82, 2.24) is 10.2 Å². The Morgan fingerprint density at radius 3 is 2.37 bits per heavy atom. The minimum atomic E-state index is -4.08. The highest BCUT2D eigenvalue weighted by molar-refractivity contribution is 7.92. The Labute approximate surface area is 208 Å². The van der Waals surface area contributed by atoms with Gasteiger partial charge in [-0.25, -0.2) is 8.42 Å². The Kier molecular flexibility index (Phi) is 7.42. The van der Waals surface area contributed by atoms with Gasteiger partial charge in [0.1, 0.15) is 17.3 Å². The van der Waals surface area contributed by atoms with Gasteiger partial charge in [0.15, 0.2) is 0 Å². The summed E-state index contributed by atoms with van der Waals surface area (Å²) in [5.74, 6) is -0.191. The molecule has 0 bridgehead atoms. The van der Waals surface area contributed by atoms with Gasteiger partial charge in [-0.05, 0) is 38.1 Å². The van der Waals surface area contributed by atoms with E-state index in [9.17, 15) is 13.2 Å². The van der Waals surface area contributed by atoms with E-state index in [4.69, 9.17) is 4.74 Å². The third kappa shape index (κ3) is 5.67. The summed E-state index contributed by atoms with van der Waals surface area (Å²) >= 11 is 1.21. The van der Waals surface area contributed by atoms with Crippen LogP contribution in [0.3, 0.4) is 0 Å². The van der Waals surface area contributed by atoms with Crippen molar-refractivity contribution in [3.63, 3.8) is 0 Å². The van der Waals surface area contributed by atoms with Crippen LogP contribution in [0.1, 0.15) is 12.5 Å². The maximum absolute atomic E-state index is 13.6. The number of nitrogens with one attached hydrogen (secondary N) is 1. The van der Waals surface area contributed by atoms with E-state index in [1.807, 2.05) is 44.2 Å². The quantitative estimate of drug-likeness (QED) is 0.350. The average Bonchev–Trinajstić information content (AvgIpc) is 3.32. The number of aromatic nitrogens is 2. The molecule has 0 aliphatic heterocycles. The number of aryl methyl sites for hydroxylation is 1. The molecule has 1 aromatic heterocycles. The number of ether oxygens (including phenoxy) is 1. The Morgan fingerprint density at radius 1 is 0.971 bits per heavy atom. The fourth-order valence-electron chi connectivity index (χ4n) is 3.34. The SMILES string of the molecule is CCOc1ccccc1N(CC(=O)Nc1nnc(-c2ccccc2)s1)S(=O)(=O)c1ccc(C)cc1. The van der Waals surface area contributed by atoms with Crippen LogP contribution in [-0.2, 0) is 14.8 Å². The van der Waals surface area contributed by atoms with E-state index in [-0.39, 0.29) is 15.7 Å². The fourth-order valence-corrected chi connectivity index (χ4v) is 5.53. The molecule has 0 unspecified atom stereocenters. The molecule has 0 fully saturated rings. The van der Waals surface area contributed by atoms with Gasteiger partial charge in [0.05, 0.1) is 17.2 Å². The lowest BCUT2D eigenvalue weighted by molar-refractivity contribution is -0.114. The smallest absolute Gasteiger partial charge is 0.264 e. The third-order valence-electron chi connectivity index (χ3n) is 5.02. The summed E-state index contributed by atoms with van der Waals surface area (Å²) in [5, 5.41) is 11.8. The van der Waals surface area contributed by atoms with Crippen molar-refractivity contribution in [3.8, 4) is 16.3 Å². The van der Waals surface area contributed by atoms with Crippen molar-refractivity contribution < 1.29 is 17.9 Å². The van der Waals surface area contributed by atoms with Gasteiger partial charge in [-0.1, -0.05) is 71.5 Å². The van der Waals surface area contributed by atoms with E-state index in [1.165, 1.54) is 23.5 Å². The van der Waals surface area contributed by atoms with E-state index >= 15 is 0 Å². The lowest BCUT2D eigenvalue weighted by Gasteiger charge is -2.25. The first-order chi connectivity index (χ1) is 16.9. The fraction of sp³-hybridized carbons (Fsp3) is 0.160.